The standard InChI is InChI=1S/C31H41N7O3/c1-5-7-9-21-16-18-32-20-25(21)41-23-14-12-22(13-15-23)35-30-34-19-24(29(39)33-17-6-2)28(38-30)37-27-11-8-10-26(36-27)31(3,4)40/h6,8,10-15,19,21,25,32,40H,2,5,7,9,16-18,20H2,1,3-4H3,(H,33,39)(H2,34,35,36,37,38). The quantitative estimate of drug-likeness (QED) is 0.182. The highest BCUT2D eigenvalue weighted by Crippen LogP contribution is 2.27. The summed E-state index contributed by atoms with van der Waals surface area (Å²) in [6.45, 7) is 11.4. The van der Waals surface area contributed by atoms with E-state index in [9.17, 15) is 9.90 Å². The molecule has 2 atom stereocenters. The van der Waals surface area contributed by atoms with Gasteiger partial charge in [-0.1, -0.05) is 31.9 Å². The number of nitrogens with zero attached hydrogens (tertiary/aromatic N) is 3. The van der Waals surface area contributed by atoms with E-state index in [-0.39, 0.29) is 23.4 Å². The van der Waals surface area contributed by atoms with Crippen LogP contribution in [-0.4, -0.2) is 51.7 Å². The fourth-order valence-corrected chi connectivity index (χ4v) is 4.67. The molecule has 1 aliphatic rings. The third kappa shape index (κ3) is 8.48. The number of piperidine rings is 1. The van der Waals surface area contributed by atoms with Gasteiger partial charge in [-0.25, -0.2) is 9.97 Å². The van der Waals surface area contributed by atoms with Crippen molar-refractivity contribution in [2.75, 3.05) is 30.3 Å². The molecule has 2 aromatic heterocycles. The van der Waals surface area contributed by atoms with E-state index >= 15 is 0 Å². The molecular formula is C31H41N7O3. The lowest BCUT2D eigenvalue weighted by Gasteiger charge is -2.32. The van der Waals surface area contributed by atoms with E-state index in [0.29, 0.717) is 29.9 Å². The lowest BCUT2D eigenvalue weighted by atomic mass is 9.90. The summed E-state index contributed by atoms with van der Waals surface area (Å²) < 4.78 is 6.36. The topological polar surface area (TPSA) is 133 Å². The number of aliphatic hydroxyl groups is 1. The molecule has 1 fully saturated rings. The smallest absolute Gasteiger partial charge is 0.256 e. The highest BCUT2D eigenvalue weighted by Gasteiger charge is 2.26. The van der Waals surface area contributed by atoms with Gasteiger partial charge in [-0.05, 0) is 75.5 Å². The van der Waals surface area contributed by atoms with E-state index in [1.54, 1.807) is 38.1 Å². The van der Waals surface area contributed by atoms with Crippen LogP contribution in [0, 0.1) is 5.92 Å². The molecule has 218 valence electrons. The molecule has 0 bridgehead atoms. The second-order valence-corrected chi connectivity index (χ2v) is 10.7. The Balaban J connectivity index is 1.50. The van der Waals surface area contributed by atoms with Crippen LogP contribution in [0.15, 0.2) is 61.3 Å². The second kappa shape index (κ2) is 14.0. The zero-order chi connectivity index (χ0) is 29.2. The maximum atomic E-state index is 12.8. The van der Waals surface area contributed by atoms with Gasteiger partial charge in [-0.2, -0.15) is 4.98 Å². The van der Waals surface area contributed by atoms with Crippen LogP contribution in [0.25, 0.3) is 0 Å². The van der Waals surface area contributed by atoms with Gasteiger partial charge in [0, 0.05) is 25.0 Å². The zero-order valence-electron chi connectivity index (χ0n) is 24.1. The van der Waals surface area contributed by atoms with Crippen molar-refractivity contribution < 1.29 is 14.6 Å². The van der Waals surface area contributed by atoms with Gasteiger partial charge in [-0.15, -0.1) is 6.58 Å². The molecule has 10 nitrogen and oxygen atoms in total. The predicted molar refractivity (Wildman–Crippen MR) is 162 cm³/mol. The summed E-state index contributed by atoms with van der Waals surface area (Å²) in [5, 5.41) is 22.9. The first-order valence-electron chi connectivity index (χ1n) is 14.2. The fourth-order valence-electron chi connectivity index (χ4n) is 4.67. The van der Waals surface area contributed by atoms with Crippen molar-refractivity contribution in [3.05, 3.63) is 72.6 Å². The average molecular weight is 560 g/mol. The van der Waals surface area contributed by atoms with Crippen molar-refractivity contribution >= 4 is 29.2 Å². The number of ether oxygens (including phenoxy) is 1. The van der Waals surface area contributed by atoms with Gasteiger partial charge in [0.05, 0.1) is 5.69 Å². The monoisotopic (exact) mass is 559 g/mol. The molecule has 1 aromatic carbocycles. The van der Waals surface area contributed by atoms with E-state index in [1.165, 1.54) is 25.5 Å². The lowest BCUT2D eigenvalue weighted by Crippen LogP contribution is -2.44. The van der Waals surface area contributed by atoms with Gasteiger partial charge in [0.2, 0.25) is 5.95 Å². The summed E-state index contributed by atoms with van der Waals surface area (Å²) in [5.41, 5.74) is 0.379. The number of nitrogens with one attached hydrogen (secondary N) is 4. The van der Waals surface area contributed by atoms with Crippen LogP contribution >= 0.6 is 0 Å². The van der Waals surface area contributed by atoms with Gasteiger partial charge in [0.15, 0.2) is 0 Å². The molecule has 1 aliphatic heterocycles. The SMILES string of the molecule is C=CCNC(=O)c1cnc(Nc2ccc(OC3CNCCC3CCCC)cc2)nc1Nc1cccc(C(C)(C)O)n1. The first kappa shape index (κ1) is 30.0. The molecule has 0 radical (unpaired) electrons. The molecule has 3 heterocycles. The van der Waals surface area contributed by atoms with Crippen molar-refractivity contribution in [2.45, 2.75) is 58.2 Å². The largest absolute Gasteiger partial charge is 0.489 e. The molecule has 0 spiro atoms. The first-order chi connectivity index (χ1) is 19.8. The van der Waals surface area contributed by atoms with Crippen LogP contribution in [0.2, 0.25) is 0 Å². The molecule has 0 saturated carbocycles. The maximum Gasteiger partial charge on any atom is 0.256 e. The minimum absolute atomic E-state index is 0.161. The number of pyridine rings is 1. The van der Waals surface area contributed by atoms with Gasteiger partial charge < -0.3 is 31.1 Å². The Morgan fingerprint density at radius 3 is 2.73 bits per heavy atom. The number of amides is 1. The zero-order valence-corrected chi connectivity index (χ0v) is 24.1. The predicted octanol–water partition coefficient (Wildman–Crippen LogP) is 5.05. The molecule has 10 heteroatoms. The van der Waals surface area contributed by atoms with Crippen molar-refractivity contribution in [1.29, 1.82) is 0 Å². The van der Waals surface area contributed by atoms with E-state index in [2.05, 4.69) is 49.7 Å². The van der Waals surface area contributed by atoms with Gasteiger partial charge in [-0.3, -0.25) is 4.79 Å². The maximum absolute atomic E-state index is 12.8. The molecule has 5 N–H and O–H groups in total. The van der Waals surface area contributed by atoms with Crippen LogP contribution in [0.1, 0.15) is 62.5 Å². The number of hydrogen-bond donors (Lipinski definition) is 5. The number of aromatic nitrogens is 3. The molecule has 0 aliphatic carbocycles. The fraction of sp³-hybridized carbons (Fsp3) is 0.419. The van der Waals surface area contributed by atoms with Gasteiger partial charge >= 0.3 is 0 Å². The van der Waals surface area contributed by atoms with Crippen LogP contribution in [0.5, 0.6) is 5.75 Å². The van der Waals surface area contributed by atoms with Crippen molar-refractivity contribution in [3.8, 4) is 5.75 Å². The van der Waals surface area contributed by atoms with Crippen LogP contribution in [-0.2, 0) is 5.60 Å². The number of benzene rings is 1. The highest BCUT2D eigenvalue weighted by atomic mass is 16.5. The molecule has 3 aromatic rings. The Morgan fingerprint density at radius 2 is 2.00 bits per heavy atom. The summed E-state index contributed by atoms with van der Waals surface area (Å²) in [7, 11) is 0. The Labute approximate surface area is 242 Å². The van der Waals surface area contributed by atoms with Crippen molar-refractivity contribution in [2.24, 2.45) is 5.92 Å². The molecule has 41 heavy (non-hydrogen) atoms. The normalized spacial score (nSPS) is 17.0. The molecule has 2 unspecified atom stereocenters. The Bertz CT molecular complexity index is 1310. The summed E-state index contributed by atoms with van der Waals surface area (Å²) in [6, 6.07) is 13.0. The third-order valence-corrected chi connectivity index (χ3v) is 6.95. The van der Waals surface area contributed by atoms with Crippen molar-refractivity contribution in [3.63, 3.8) is 0 Å². The molecule has 1 amide bonds. The third-order valence-electron chi connectivity index (χ3n) is 6.95. The molecule has 4 rings (SSSR count). The second-order valence-electron chi connectivity index (χ2n) is 10.7. The minimum Gasteiger partial charge on any atom is -0.489 e. The number of carbonyl (C=O) groups excluding carboxylic acids is 1. The summed E-state index contributed by atoms with van der Waals surface area (Å²) in [6.07, 6.45) is 7.96. The molecule has 1 saturated heterocycles. The van der Waals surface area contributed by atoms with Crippen LogP contribution in [0.4, 0.5) is 23.3 Å². The average Bonchev–Trinajstić information content (AvgIpc) is 2.96. The number of unbranched alkanes of at least 4 members (excludes halogenated alkanes) is 1. The van der Waals surface area contributed by atoms with E-state index in [4.69, 9.17) is 4.74 Å². The number of anilines is 4. The number of rotatable bonds is 13. The molecular weight excluding hydrogens is 518 g/mol. The minimum atomic E-state index is -1.12. The van der Waals surface area contributed by atoms with Crippen LogP contribution < -0.4 is 26.0 Å². The summed E-state index contributed by atoms with van der Waals surface area (Å²) in [4.78, 5) is 26.2. The lowest BCUT2D eigenvalue weighted by molar-refractivity contribution is 0.0740. The van der Waals surface area contributed by atoms with Gasteiger partial charge in [0.1, 0.15) is 34.7 Å². The first-order valence-corrected chi connectivity index (χ1v) is 14.2. The summed E-state index contributed by atoms with van der Waals surface area (Å²) >= 11 is 0. The van der Waals surface area contributed by atoms with E-state index in [1.807, 2.05) is 24.3 Å². The van der Waals surface area contributed by atoms with Crippen molar-refractivity contribution in [1.82, 2.24) is 25.6 Å². The van der Waals surface area contributed by atoms with E-state index < -0.39 is 5.60 Å². The van der Waals surface area contributed by atoms with Gasteiger partial charge in [0.25, 0.3) is 5.91 Å². The van der Waals surface area contributed by atoms with E-state index in [0.717, 1.165) is 30.9 Å². The Kier molecular flexibility index (Phi) is 10.3. The highest BCUT2D eigenvalue weighted by molar-refractivity contribution is 5.99. The number of hydrogen-bond acceptors (Lipinski definition) is 9. The Hall–Kier alpha value is -4.02. The Morgan fingerprint density at radius 1 is 1.20 bits per heavy atom. The van der Waals surface area contributed by atoms with Crippen LogP contribution in [0.3, 0.4) is 0 Å². The number of carbonyl (C=O) groups is 1. The summed E-state index contributed by atoms with van der Waals surface area (Å²) in [5.74, 6) is 2.04.